The molecular weight excluding hydrogens is 268 g/mol. The summed E-state index contributed by atoms with van der Waals surface area (Å²) >= 11 is 1.74. The maximum Gasteiger partial charge on any atom is 0.0945 e. The molecule has 0 aliphatic heterocycles. The van der Waals surface area contributed by atoms with Gasteiger partial charge < -0.3 is 9.88 Å². The van der Waals surface area contributed by atoms with Crippen LogP contribution in [-0.2, 0) is 6.54 Å². The fourth-order valence-electron chi connectivity index (χ4n) is 2.22. The number of nitrogens with zero attached hydrogens (tertiary/aromatic N) is 3. The van der Waals surface area contributed by atoms with Crippen LogP contribution in [0.15, 0.2) is 42.4 Å². The van der Waals surface area contributed by atoms with Crippen molar-refractivity contribution in [2.45, 2.75) is 25.9 Å². The third-order valence-corrected chi connectivity index (χ3v) is 4.28. The number of fused-ring (bicyclic) bond motifs is 1. The maximum absolute atomic E-state index is 4.49. The highest BCUT2D eigenvalue weighted by Gasteiger charge is 2.06. The number of rotatable bonds is 6. The summed E-state index contributed by atoms with van der Waals surface area (Å²) in [6.45, 7) is 4.18. The van der Waals surface area contributed by atoms with Crippen molar-refractivity contribution in [2.75, 3.05) is 6.54 Å². The van der Waals surface area contributed by atoms with Gasteiger partial charge in [0.05, 0.1) is 16.5 Å². The molecule has 0 radical (unpaired) electrons. The minimum Gasteiger partial charge on any atom is -0.337 e. The highest BCUT2D eigenvalue weighted by Crippen LogP contribution is 2.22. The second-order valence-electron chi connectivity index (χ2n) is 4.90. The quantitative estimate of drug-likeness (QED) is 0.707. The zero-order valence-corrected chi connectivity index (χ0v) is 12.3. The first kappa shape index (κ1) is 13.3. The van der Waals surface area contributed by atoms with Gasteiger partial charge in [0.2, 0.25) is 0 Å². The van der Waals surface area contributed by atoms with Gasteiger partial charge >= 0.3 is 0 Å². The lowest BCUT2D eigenvalue weighted by Gasteiger charge is -2.14. The number of nitrogens with one attached hydrogen (secondary N) is 1. The fraction of sp³-hybridized carbons (Fsp3) is 0.333. The predicted octanol–water partition coefficient (Wildman–Crippen LogP) is 3.23. The Morgan fingerprint density at radius 2 is 2.40 bits per heavy atom. The molecule has 20 heavy (non-hydrogen) atoms. The maximum atomic E-state index is 4.49. The number of thiophene rings is 1. The van der Waals surface area contributed by atoms with Crippen LogP contribution >= 0.6 is 11.3 Å². The van der Waals surface area contributed by atoms with Gasteiger partial charge in [0.25, 0.3) is 0 Å². The van der Waals surface area contributed by atoms with E-state index < -0.39 is 0 Å². The van der Waals surface area contributed by atoms with Crippen molar-refractivity contribution < 1.29 is 0 Å². The lowest BCUT2D eigenvalue weighted by molar-refractivity contribution is 0.526. The SMILES string of the molecule is CC(NCCCn1ccnc1)c1cnc2ccsc2c1. The molecule has 0 bridgehead atoms. The van der Waals surface area contributed by atoms with Gasteiger partial charge in [-0.3, -0.25) is 4.98 Å². The molecule has 0 aliphatic rings. The second kappa shape index (κ2) is 6.15. The van der Waals surface area contributed by atoms with Gasteiger partial charge in [-0.05, 0) is 43.0 Å². The van der Waals surface area contributed by atoms with E-state index in [2.05, 4.69) is 44.3 Å². The lowest BCUT2D eigenvalue weighted by atomic mass is 10.1. The molecule has 0 aromatic carbocycles. The standard InChI is InChI=1S/C15H18N4S/c1-12(17-4-2-6-19-7-5-16-11-19)13-9-15-14(18-10-13)3-8-20-15/h3,5,7-12,17H,2,4,6H2,1H3. The Hall–Kier alpha value is -1.72. The van der Waals surface area contributed by atoms with Crippen molar-refractivity contribution in [2.24, 2.45) is 0 Å². The molecule has 104 valence electrons. The van der Waals surface area contributed by atoms with Crippen LogP contribution in [0.25, 0.3) is 10.2 Å². The zero-order valence-electron chi connectivity index (χ0n) is 11.5. The number of aromatic nitrogens is 3. The molecule has 0 spiro atoms. The van der Waals surface area contributed by atoms with E-state index in [4.69, 9.17) is 0 Å². The van der Waals surface area contributed by atoms with E-state index in [-0.39, 0.29) is 0 Å². The van der Waals surface area contributed by atoms with E-state index in [0.29, 0.717) is 6.04 Å². The van der Waals surface area contributed by atoms with E-state index in [1.165, 1.54) is 10.3 Å². The first-order valence-electron chi connectivity index (χ1n) is 6.85. The first-order valence-corrected chi connectivity index (χ1v) is 7.73. The summed E-state index contributed by atoms with van der Waals surface area (Å²) in [7, 11) is 0. The summed E-state index contributed by atoms with van der Waals surface area (Å²) in [5.41, 5.74) is 2.34. The smallest absolute Gasteiger partial charge is 0.0945 e. The fourth-order valence-corrected chi connectivity index (χ4v) is 3.00. The van der Waals surface area contributed by atoms with Gasteiger partial charge in [-0.1, -0.05) is 0 Å². The highest BCUT2D eigenvalue weighted by atomic mass is 32.1. The molecule has 0 aliphatic carbocycles. The summed E-state index contributed by atoms with van der Waals surface area (Å²) in [6.07, 6.45) is 8.74. The Labute approximate surface area is 122 Å². The third-order valence-electron chi connectivity index (χ3n) is 3.43. The number of hydrogen-bond acceptors (Lipinski definition) is 4. The largest absolute Gasteiger partial charge is 0.337 e. The lowest BCUT2D eigenvalue weighted by Crippen LogP contribution is -2.21. The molecule has 3 aromatic heterocycles. The van der Waals surface area contributed by atoms with Crippen molar-refractivity contribution in [1.29, 1.82) is 0 Å². The van der Waals surface area contributed by atoms with Crippen LogP contribution in [0.5, 0.6) is 0 Å². The van der Waals surface area contributed by atoms with Crippen LogP contribution in [0.1, 0.15) is 24.9 Å². The average Bonchev–Trinajstić information content (AvgIpc) is 3.13. The molecular formula is C15H18N4S. The molecule has 1 unspecified atom stereocenters. The first-order chi connectivity index (χ1) is 9.83. The van der Waals surface area contributed by atoms with Gasteiger partial charge in [-0.2, -0.15) is 0 Å². The molecule has 0 saturated heterocycles. The summed E-state index contributed by atoms with van der Waals surface area (Å²) in [6, 6.07) is 4.63. The van der Waals surface area contributed by atoms with Gasteiger partial charge in [-0.25, -0.2) is 4.98 Å². The predicted molar refractivity (Wildman–Crippen MR) is 82.9 cm³/mol. The van der Waals surface area contributed by atoms with E-state index >= 15 is 0 Å². The van der Waals surface area contributed by atoms with Crippen LogP contribution in [0, 0.1) is 0 Å². The van der Waals surface area contributed by atoms with Gasteiger partial charge in [0.15, 0.2) is 0 Å². The Balaban J connectivity index is 1.51. The van der Waals surface area contributed by atoms with Crippen molar-refractivity contribution in [3.05, 3.63) is 48.0 Å². The molecule has 3 heterocycles. The monoisotopic (exact) mass is 286 g/mol. The van der Waals surface area contributed by atoms with Crippen LogP contribution in [0.2, 0.25) is 0 Å². The van der Waals surface area contributed by atoms with E-state index in [1.807, 2.05) is 24.9 Å². The Kier molecular flexibility index (Phi) is 4.08. The van der Waals surface area contributed by atoms with Crippen LogP contribution < -0.4 is 5.32 Å². The summed E-state index contributed by atoms with van der Waals surface area (Å²) < 4.78 is 3.36. The van der Waals surface area contributed by atoms with Gasteiger partial charge in [0.1, 0.15) is 0 Å². The van der Waals surface area contributed by atoms with E-state index in [1.54, 1.807) is 11.3 Å². The van der Waals surface area contributed by atoms with Gasteiger partial charge in [-0.15, -0.1) is 11.3 Å². The van der Waals surface area contributed by atoms with Crippen LogP contribution in [0.3, 0.4) is 0 Å². The molecule has 5 heteroatoms. The molecule has 4 nitrogen and oxygen atoms in total. The van der Waals surface area contributed by atoms with E-state index in [0.717, 1.165) is 25.0 Å². The van der Waals surface area contributed by atoms with Crippen molar-refractivity contribution in [3.63, 3.8) is 0 Å². The molecule has 3 rings (SSSR count). The number of pyridine rings is 1. The summed E-state index contributed by atoms with van der Waals surface area (Å²) in [5.74, 6) is 0. The summed E-state index contributed by atoms with van der Waals surface area (Å²) in [5, 5.41) is 5.64. The van der Waals surface area contributed by atoms with Gasteiger partial charge in [0, 0.05) is 31.2 Å². The molecule has 0 fully saturated rings. The van der Waals surface area contributed by atoms with E-state index in [9.17, 15) is 0 Å². The highest BCUT2D eigenvalue weighted by molar-refractivity contribution is 7.17. The van der Waals surface area contributed by atoms with Crippen molar-refractivity contribution in [1.82, 2.24) is 19.9 Å². The average molecular weight is 286 g/mol. The topological polar surface area (TPSA) is 42.7 Å². The number of aryl methyl sites for hydroxylation is 1. The minimum atomic E-state index is 0.330. The third kappa shape index (κ3) is 3.05. The Bertz CT molecular complexity index is 659. The molecule has 0 saturated carbocycles. The van der Waals surface area contributed by atoms with Crippen molar-refractivity contribution in [3.8, 4) is 0 Å². The molecule has 3 aromatic rings. The Morgan fingerprint density at radius 3 is 3.25 bits per heavy atom. The molecule has 1 N–H and O–H groups in total. The van der Waals surface area contributed by atoms with Crippen LogP contribution in [-0.4, -0.2) is 21.1 Å². The summed E-state index contributed by atoms with van der Waals surface area (Å²) in [4.78, 5) is 8.53. The minimum absolute atomic E-state index is 0.330. The molecule has 0 amide bonds. The number of hydrogen-bond donors (Lipinski definition) is 1. The van der Waals surface area contributed by atoms with Crippen LogP contribution in [0.4, 0.5) is 0 Å². The normalized spacial score (nSPS) is 12.8. The Morgan fingerprint density at radius 1 is 1.45 bits per heavy atom. The second-order valence-corrected chi connectivity index (χ2v) is 5.85. The van der Waals surface area contributed by atoms with Crippen molar-refractivity contribution >= 4 is 21.6 Å². The zero-order chi connectivity index (χ0) is 13.8. The number of imidazole rings is 1. The molecule has 1 atom stereocenters.